The van der Waals surface area contributed by atoms with Crippen molar-refractivity contribution < 1.29 is 4.79 Å². The number of carbonyl (C=O) groups is 1. The number of nitrogens with zero attached hydrogens (tertiary/aromatic N) is 2. The maximum absolute atomic E-state index is 12.4. The lowest BCUT2D eigenvalue weighted by Gasteiger charge is -2.35. The van der Waals surface area contributed by atoms with Crippen LogP contribution in [0.1, 0.15) is 37.0 Å². The van der Waals surface area contributed by atoms with Gasteiger partial charge < -0.3 is 14.8 Å². The van der Waals surface area contributed by atoms with Crippen LogP contribution < -0.4 is 5.56 Å². The van der Waals surface area contributed by atoms with E-state index in [1.165, 1.54) is 12.3 Å². The lowest BCUT2D eigenvalue weighted by molar-refractivity contribution is 0.0666. The fourth-order valence-corrected chi connectivity index (χ4v) is 2.70. The molecule has 1 aliphatic rings. The van der Waals surface area contributed by atoms with Gasteiger partial charge in [-0.3, -0.25) is 9.59 Å². The molecule has 5 heteroatoms. The summed E-state index contributed by atoms with van der Waals surface area (Å²) in [7, 11) is 2.15. The SMILES string of the molecule is CC(C)N(C)CC1CCN(C(=O)c2cc[nH]c(=O)c2)CC1. The van der Waals surface area contributed by atoms with Gasteiger partial charge in [0.05, 0.1) is 0 Å². The Balaban J connectivity index is 1.89. The number of pyridine rings is 1. The van der Waals surface area contributed by atoms with Crippen molar-refractivity contribution in [3.63, 3.8) is 0 Å². The van der Waals surface area contributed by atoms with Gasteiger partial charge in [0.15, 0.2) is 0 Å². The largest absolute Gasteiger partial charge is 0.339 e. The molecule has 1 amide bonds. The van der Waals surface area contributed by atoms with Crippen molar-refractivity contribution >= 4 is 5.91 Å². The van der Waals surface area contributed by atoms with Gasteiger partial charge >= 0.3 is 0 Å². The molecule has 2 rings (SSSR count). The van der Waals surface area contributed by atoms with E-state index in [4.69, 9.17) is 0 Å². The van der Waals surface area contributed by atoms with Crippen LogP contribution in [-0.2, 0) is 0 Å². The summed E-state index contributed by atoms with van der Waals surface area (Å²) >= 11 is 0. The van der Waals surface area contributed by atoms with Crippen LogP contribution in [0.25, 0.3) is 0 Å². The summed E-state index contributed by atoms with van der Waals surface area (Å²) in [4.78, 5) is 30.4. The van der Waals surface area contributed by atoms with Crippen LogP contribution in [0.2, 0.25) is 0 Å². The standard InChI is InChI=1S/C16H25N3O2/c1-12(2)18(3)11-13-5-8-19(9-6-13)16(21)14-4-7-17-15(20)10-14/h4,7,10,12-13H,5-6,8-9,11H2,1-3H3,(H,17,20). The molecule has 116 valence electrons. The molecule has 1 saturated heterocycles. The van der Waals surface area contributed by atoms with Gasteiger partial charge in [0, 0.05) is 43.5 Å². The van der Waals surface area contributed by atoms with E-state index in [0.717, 1.165) is 32.5 Å². The van der Waals surface area contributed by atoms with E-state index >= 15 is 0 Å². The summed E-state index contributed by atoms with van der Waals surface area (Å²) in [6.45, 7) is 7.05. The van der Waals surface area contributed by atoms with Crippen molar-refractivity contribution in [2.24, 2.45) is 5.92 Å². The minimum absolute atomic E-state index is 0.0308. The van der Waals surface area contributed by atoms with Gasteiger partial charge in [0.25, 0.3) is 5.91 Å². The molecule has 0 bridgehead atoms. The van der Waals surface area contributed by atoms with Gasteiger partial charge in [-0.15, -0.1) is 0 Å². The van der Waals surface area contributed by atoms with E-state index < -0.39 is 0 Å². The van der Waals surface area contributed by atoms with Crippen molar-refractivity contribution in [3.8, 4) is 0 Å². The van der Waals surface area contributed by atoms with E-state index in [2.05, 4.69) is 30.8 Å². The average molecular weight is 291 g/mol. The van der Waals surface area contributed by atoms with Gasteiger partial charge in [-0.05, 0) is 45.7 Å². The van der Waals surface area contributed by atoms with Crippen molar-refractivity contribution in [1.29, 1.82) is 0 Å². The number of hydrogen-bond donors (Lipinski definition) is 1. The minimum atomic E-state index is -0.228. The fraction of sp³-hybridized carbons (Fsp3) is 0.625. The molecule has 1 N–H and O–H groups in total. The zero-order valence-corrected chi connectivity index (χ0v) is 13.1. The number of carbonyl (C=O) groups excluding carboxylic acids is 1. The van der Waals surface area contributed by atoms with Gasteiger partial charge in [-0.1, -0.05) is 0 Å². The van der Waals surface area contributed by atoms with Crippen LogP contribution in [-0.4, -0.2) is 53.4 Å². The Morgan fingerprint density at radius 2 is 2.10 bits per heavy atom. The smallest absolute Gasteiger partial charge is 0.254 e. The Morgan fingerprint density at radius 3 is 2.67 bits per heavy atom. The third kappa shape index (κ3) is 4.17. The van der Waals surface area contributed by atoms with E-state index in [-0.39, 0.29) is 11.5 Å². The molecule has 0 radical (unpaired) electrons. The number of amides is 1. The molecule has 0 aromatic carbocycles. The van der Waals surface area contributed by atoms with Gasteiger partial charge in [-0.2, -0.15) is 0 Å². The Bertz CT molecular complexity index is 530. The predicted molar refractivity (Wildman–Crippen MR) is 83.5 cm³/mol. The molecule has 5 nitrogen and oxygen atoms in total. The molecule has 21 heavy (non-hydrogen) atoms. The van der Waals surface area contributed by atoms with Gasteiger partial charge in [0.1, 0.15) is 0 Å². The van der Waals surface area contributed by atoms with E-state index in [9.17, 15) is 9.59 Å². The maximum atomic E-state index is 12.4. The van der Waals surface area contributed by atoms with Crippen LogP contribution in [0.5, 0.6) is 0 Å². The quantitative estimate of drug-likeness (QED) is 0.916. The second-order valence-electron chi connectivity index (χ2n) is 6.21. The van der Waals surface area contributed by atoms with Crippen molar-refractivity contribution in [2.75, 3.05) is 26.7 Å². The first-order valence-corrected chi connectivity index (χ1v) is 7.65. The van der Waals surface area contributed by atoms with Gasteiger partial charge in [-0.25, -0.2) is 0 Å². The topological polar surface area (TPSA) is 56.4 Å². The number of hydrogen-bond acceptors (Lipinski definition) is 3. The zero-order chi connectivity index (χ0) is 15.4. The Labute approximate surface area is 126 Å². The first-order valence-electron chi connectivity index (χ1n) is 7.65. The number of H-pyrrole nitrogens is 1. The van der Waals surface area contributed by atoms with Gasteiger partial charge in [0.2, 0.25) is 5.56 Å². The van der Waals surface area contributed by atoms with E-state index in [0.29, 0.717) is 17.5 Å². The summed E-state index contributed by atoms with van der Waals surface area (Å²) < 4.78 is 0. The second kappa shape index (κ2) is 6.89. The number of piperidine rings is 1. The summed E-state index contributed by atoms with van der Waals surface area (Å²) in [5, 5.41) is 0. The van der Waals surface area contributed by atoms with Crippen LogP contribution in [0.4, 0.5) is 0 Å². The minimum Gasteiger partial charge on any atom is -0.339 e. The molecule has 0 unspecified atom stereocenters. The molecular weight excluding hydrogens is 266 g/mol. The molecule has 1 aliphatic heterocycles. The molecule has 2 heterocycles. The van der Waals surface area contributed by atoms with Crippen LogP contribution in [0, 0.1) is 5.92 Å². The number of aromatic amines is 1. The maximum Gasteiger partial charge on any atom is 0.254 e. The monoisotopic (exact) mass is 291 g/mol. The number of rotatable bonds is 4. The highest BCUT2D eigenvalue weighted by atomic mass is 16.2. The highest BCUT2D eigenvalue weighted by Crippen LogP contribution is 2.20. The summed E-state index contributed by atoms with van der Waals surface area (Å²) in [5.41, 5.74) is 0.255. The normalized spacial score (nSPS) is 16.7. The van der Waals surface area contributed by atoms with Crippen LogP contribution >= 0.6 is 0 Å². The van der Waals surface area contributed by atoms with Crippen molar-refractivity contribution in [1.82, 2.24) is 14.8 Å². The third-order valence-electron chi connectivity index (χ3n) is 4.35. The third-order valence-corrected chi connectivity index (χ3v) is 4.35. The molecular formula is C16H25N3O2. The Morgan fingerprint density at radius 1 is 1.43 bits per heavy atom. The highest BCUT2D eigenvalue weighted by molar-refractivity contribution is 5.94. The molecule has 1 fully saturated rings. The lowest BCUT2D eigenvalue weighted by Crippen LogP contribution is -2.42. The lowest BCUT2D eigenvalue weighted by atomic mass is 9.95. The van der Waals surface area contributed by atoms with Crippen molar-refractivity contribution in [3.05, 3.63) is 34.2 Å². The predicted octanol–water partition coefficient (Wildman–Crippen LogP) is 1.57. The zero-order valence-electron chi connectivity index (χ0n) is 13.1. The molecule has 0 spiro atoms. The first-order chi connectivity index (χ1) is 9.97. The van der Waals surface area contributed by atoms with E-state index in [1.807, 2.05) is 4.90 Å². The Hall–Kier alpha value is -1.62. The molecule has 0 aliphatic carbocycles. The molecule has 0 atom stereocenters. The van der Waals surface area contributed by atoms with Crippen LogP contribution in [0.15, 0.2) is 23.1 Å². The Kier molecular flexibility index (Phi) is 5.17. The number of aromatic nitrogens is 1. The molecule has 1 aromatic heterocycles. The fourth-order valence-electron chi connectivity index (χ4n) is 2.70. The number of nitrogens with one attached hydrogen (secondary N) is 1. The first kappa shape index (κ1) is 15.8. The summed E-state index contributed by atoms with van der Waals surface area (Å²) in [6, 6.07) is 3.60. The van der Waals surface area contributed by atoms with Crippen molar-refractivity contribution in [2.45, 2.75) is 32.7 Å². The molecule has 1 aromatic rings. The summed E-state index contributed by atoms with van der Waals surface area (Å²) in [6.07, 6.45) is 3.60. The summed E-state index contributed by atoms with van der Waals surface area (Å²) in [5.74, 6) is 0.623. The average Bonchev–Trinajstić information content (AvgIpc) is 2.47. The highest BCUT2D eigenvalue weighted by Gasteiger charge is 2.24. The van der Waals surface area contributed by atoms with E-state index in [1.54, 1.807) is 6.07 Å². The second-order valence-corrected chi connectivity index (χ2v) is 6.21. The molecule has 0 saturated carbocycles. The number of likely N-dealkylation sites (tertiary alicyclic amines) is 1. The van der Waals surface area contributed by atoms with Crippen LogP contribution in [0.3, 0.4) is 0 Å².